The summed E-state index contributed by atoms with van der Waals surface area (Å²) in [5, 5.41) is 0. The van der Waals surface area contributed by atoms with E-state index in [-0.39, 0.29) is 18.3 Å². The van der Waals surface area contributed by atoms with Gasteiger partial charge in [-0.05, 0) is 39.0 Å². The Balaban J connectivity index is 4.86. The molecule has 0 rings (SSSR count). The molecule has 0 aromatic heterocycles. The number of hydrogen-bond donors (Lipinski definition) is 1. The molecule has 0 radical (unpaired) electrons. The molecule has 7 nitrogen and oxygen atoms in total. The molecule has 0 aliphatic rings. The van der Waals surface area contributed by atoms with Crippen molar-refractivity contribution < 1.29 is 28.6 Å². The number of hydrogen-bond acceptors (Lipinski definition) is 7. The van der Waals surface area contributed by atoms with Crippen molar-refractivity contribution in [2.45, 2.75) is 86.2 Å². The minimum Gasteiger partial charge on any atom is -0.459 e. The molecule has 0 aliphatic carbocycles. The van der Waals surface area contributed by atoms with E-state index in [1.807, 2.05) is 13.8 Å². The van der Waals surface area contributed by atoms with Gasteiger partial charge < -0.3 is 19.9 Å². The van der Waals surface area contributed by atoms with Crippen molar-refractivity contribution in [2.75, 3.05) is 0 Å². The summed E-state index contributed by atoms with van der Waals surface area (Å²) in [5.74, 6) is -2.07. The summed E-state index contributed by atoms with van der Waals surface area (Å²) in [6.45, 7) is 14.1. The maximum Gasteiger partial charge on any atom is 0.323 e. The number of carbonyl (C=O) groups excluding carboxylic acids is 3. The molecule has 0 saturated heterocycles. The van der Waals surface area contributed by atoms with Gasteiger partial charge in [0.25, 0.3) is 0 Å². The Kier molecular flexibility index (Phi) is 9.84. The molecule has 152 valence electrons. The number of nitrogens with two attached hydrogens (primary N) is 1. The lowest BCUT2D eigenvalue weighted by Crippen LogP contribution is -2.44. The van der Waals surface area contributed by atoms with Gasteiger partial charge in [-0.15, -0.1) is 0 Å². The van der Waals surface area contributed by atoms with Crippen molar-refractivity contribution in [1.29, 1.82) is 0 Å². The van der Waals surface area contributed by atoms with Crippen LogP contribution in [0.1, 0.15) is 68.2 Å². The van der Waals surface area contributed by atoms with Crippen molar-refractivity contribution in [3.8, 4) is 0 Å². The topological polar surface area (TPSA) is 105 Å². The first-order chi connectivity index (χ1) is 11.7. The molecule has 3 atom stereocenters. The normalized spacial score (nSPS) is 15.3. The first-order valence-electron chi connectivity index (χ1n) is 9.11. The molecule has 0 spiro atoms. The van der Waals surface area contributed by atoms with Crippen LogP contribution in [0, 0.1) is 17.8 Å². The van der Waals surface area contributed by atoms with Gasteiger partial charge in [0, 0.05) is 6.92 Å². The van der Waals surface area contributed by atoms with Gasteiger partial charge in [-0.25, -0.2) is 0 Å². The lowest BCUT2D eigenvalue weighted by atomic mass is 9.88. The summed E-state index contributed by atoms with van der Waals surface area (Å²) in [6.07, 6.45) is -0.479. The average molecular weight is 373 g/mol. The van der Waals surface area contributed by atoms with Crippen LogP contribution in [-0.2, 0) is 28.6 Å². The van der Waals surface area contributed by atoms with Gasteiger partial charge >= 0.3 is 17.9 Å². The van der Waals surface area contributed by atoms with Crippen LogP contribution in [0.5, 0.6) is 0 Å². The van der Waals surface area contributed by atoms with Crippen molar-refractivity contribution in [3.05, 3.63) is 0 Å². The number of ether oxygens (including phenoxy) is 3. The van der Waals surface area contributed by atoms with Gasteiger partial charge in [-0.1, -0.05) is 27.7 Å². The Morgan fingerprint density at radius 1 is 0.923 bits per heavy atom. The second kappa shape index (κ2) is 10.5. The second-order valence-corrected chi connectivity index (χ2v) is 8.30. The van der Waals surface area contributed by atoms with Crippen molar-refractivity contribution in [1.82, 2.24) is 0 Å². The van der Waals surface area contributed by atoms with Crippen LogP contribution in [0.2, 0.25) is 0 Å². The summed E-state index contributed by atoms with van der Waals surface area (Å²) < 4.78 is 15.5. The van der Waals surface area contributed by atoms with Crippen molar-refractivity contribution in [2.24, 2.45) is 23.5 Å². The number of esters is 3. The maximum atomic E-state index is 12.2. The zero-order valence-electron chi connectivity index (χ0n) is 17.3. The molecule has 0 aromatic carbocycles. The van der Waals surface area contributed by atoms with Gasteiger partial charge in [-0.3, -0.25) is 14.4 Å². The van der Waals surface area contributed by atoms with Crippen LogP contribution in [0.4, 0.5) is 0 Å². The fourth-order valence-electron chi connectivity index (χ4n) is 2.30. The van der Waals surface area contributed by atoms with E-state index in [1.54, 1.807) is 34.6 Å². The Labute approximate surface area is 156 Å². The van der Waals surface area contributed by atoms with Crippen LogP contribution in [0.3, 0.4) is 0 Å². The van der Waals surface area contributed by atoms with Crippen LogP contribution in [0.15, 0.2) is 0 Å². The summed E-state index contributed by atoms with van der Waals surface area (Å²) in [6, 6.07) is -0.933. The smallest absolute Gasteiger partial charge is 0.323 e. The lowest BCUT2D eigenvalue weighted by Gasteiger charge is -2.27. The van der Waals surface area contributed by atoms with Crippen molar-refractivity contribution in [3.63, 3.8) is 0 Å². The average Bonchev–Trinajstić information content (AvgIpc) is 2.42. The largest absolute Gasteiger partial charge is 0.459 e. The SMILES string of the molecule is CC(C)CC(CC(=O)OC(C)OC(=O)C(C)C)C(N)C(=O)OC(C)(C)C. The first kappa shape index (κ1) is 24.4. The van der Waals surface area contributed by atoms with Gasteiger partial charge in [0.1, 0.15) is 11.6 Å². The van der Waals surface area contributed by atoms with Crippen LogP contribution < -0.4 is 5.73 Å². The van der Waals surface area contributed by atoms with E-state index in [0.717, 1.165) is 0 Å². The first-order valence-corrected chi connectivity index (χ1v) is 9.11. The highest BCUT2D eigenvalue weighted by Crippen LogP contribution is 2.22. The van der Waals surface area contributed by atoms with Gasteiger partial charge in [-0.2, -0.15) is 0 Å². The standard InChI is InChI=1S/C19H35NO6/c1-11(2)9-14(16(20)18(23)26-19(6,7)8)10-15(21)24-13(5)25-17(22)12(3)4/h11-14,16H,9-10,20H2,1-8H3. The summed E-state index contributed by atoms with van der Waals surface area (Å²) in [7, 11) is 0. The molecular formula is C19H35NO6. The molecule has 0 saturated carbocycles. The monoisotopic (exact) mass is 373 g/mol. The summed E-state index contributed by atoms with van der Waals surface area (Å²) in [5.41, 5.74) is 5.39. The zero-order valence-corrected chi connectivity index (χ0v) is 17.3. The molecule has 3 unspecified atom stereocenters. The van der Waals surface area contributed by atoms with E-state index in [0.29, 0.717) is 6.42 Å². The molecule has 0 bridgehead atoms. The quantitative estimate of drug-likeness (QED) is 0.489. The van der Waals surface area contributed by atoms with Gasteiger partial charge in [0.2, 0.25) is 6.29 Å². The molecule has 0 heterocycles. The highest BCUT2D eigenvalue weighted by Gasteiger charge is 2.32. The zero-order chi connectivity index (χ0) is 20.7. The van der Waals surface area contributed by atoms with E-state index in [1.165, 1.54) is 6.92 Å². The maximum absolute atomic E-state index is 12.2. The Morgan fingerprint density at radius 3 is 1.88 bits per heavy atom. The second-order valence-electron chi connectivity index (χ2n) is 8.30. The third-order valence-electron chi connectivity index (χ3n) is 3.44. The molecule has 0 aliphatic heterocycles. The molecule has 7 heteroatoms. The van der Waals surface area contributed by atoms with E-state index in [4.69, 9.17) is 19.9 Å². The lowest BCUT2D eigenvalue weighted by molar-refractivity contribution is -0.187. The minimum absolute atomic E-state index is 0.0534. The molecule has 0 aromatic rings. The summed E-state index contributed by atoms with van der Waals surface area (Å²) >= 11 is 0. The van der Waals surface area contributed by atoms with Crippen molar-refractivity contribution >= 4 is 17.9 Å². The third-order valence-corrected chi connectivity index (χ3v) is 3.44. The summed E-state index contributed by atoms with van der Waals surface area (Å²) in [4.78, 5) is 36.0. The number of carbonyl (C=O) groups is 3. The molecule has 26 heavy (non-hydrogen) atoms. The Hall–Kier alpha value is -1.63. The fourth-order valence-corrected chi connectivity index (χ4v) is 2.30. The minimum atomic E-state index is -0.991. The van der Waals surface area contributed by atoms with Crippen LogP contribution in [0.25, 0.3) is 0 Å². The fraction of sp³-hybridized carbons (Fsp3) is 0.842. The van der Waals surface area contributed by atoms with Crippen LogP contribution >= 0.6 is 0 Å². The van der Waals surface area contributed by atoms with E-state index >= 15 is 0 Å². The molecule has 0 amide bonds. The Morgan fingerprint density at radius 2 is 1.46 bits per heavy atom. The highest BCUT2D eigenvalue weighted by molar-refractivity contribution is 5.78. The molecular weight excluding hydrogens is 338 g/mol. The number of rotatable bonds is 9. The van der Waals surface area contributed by atoms with E-state index < -0.39 is 41.8 Å². The van der Waals surface area contributed by atoms with E-state index in [2.05, 4.69) is 0 Å². The van der Waals surface area contributed by atoms with Gasteiger partial charge in [0.15, 0.2) is 0 Å². The van der Waals surface area contributed by atoms with Crippen LogP contribution in [-0.4, -0.2) is 35.8 Å². The third kappa shape index (κ3) is 10.4. The predicted octanol–water partition coefficient (Wildman–Crippen LogP) is 2.80. The highest BCUT2D eigenvalue weighted by atomic mass is 16.7. The molecule has 2 N–H and O–H groups in total. The van der Waals surface area contributed by atoms with E-state index in [9.17, 15) is 14.4 Å². The van der Waals surface area contributed by atoms with Gasteiger partial charge in [0.05, 0.1) is 12.3 Å². The Bertz CT molecular complexity index is 481. The predicted molar refractivity (Wildman–Crippen MR) is 97.9 cm³/mol. The molecule has 0 fully saturated rings.